The largest absolute Gasteiger partial charge is 0.381 e. The summed E-state index contributed by atoms with van der Waals surface area (Å²) in [5.41, 5.74) is 6.76. The molecule has 0 unspecified atom stereocenters. The number of para-hydroxylation sites is 1. The molecule has 0 spiro atoms. The number of pyridine rings is 1. The van der Waals surface area contributed by atoms with Gasteiger partial charge < -0.3 is 11.1 Å². The molecule has 2 aromatic rings. The number of nitrogens with two attached hydrogens (primary N) is 1. The molecule has 21 heavy (non-hydrogen) atoms. The monoisotopic (exact) mass is 287 g/mol. The van der Waals surface area contributed by atoms with Crippen LogP contribution in [-0.4, -0.2) is 10.9 Å². The number of hydrogen-bond donors (Lipinski definition) is 2. The number of benzene rings is 1. The molecule has 0 saturated carbocycles. The Morgan fingerprint density at radius 3 is 2.57 bits per heavy atom. The lowest BCUT2D eigenvalue weighted by Gasteiger charge is -2.23. The molecule has 2 rings (SSSR count). The maximum Gasteiger partial charge on any atom is 0.258 e. The number of nitrogens with one attached hydrogen (secondary N) is 1. The normalized spacial score (nSPS) is 11.2. The van der Waals surface area contributed by atoms with E-state index in [0.29, 0.717) is 5.69 Å². The van der Waals surface area contributed by atoms with E-state index in [4.69, 9.17) is 5.73 Å². The highest BCUT2D eigenvalue weighted by Gasteiger charge is 2.20. The summed E-state index contributed by atoms with van der Waals surface area (Å²) in [6.07, 6.45) is 1.31. The van der Waals surface area contributed by atoms with E-state index in [1.54, 1.807) is 6.07 Å². The Labute approximate surface area is 123 Å². The average Bonchev–Trinajstić information content (AvgIpc) is 2.41. The highest BCUT2D eigenvalue weighted by Crippen LogP contribution is 2.29. The maximum absolute atomic E-state index is 13.8. The summed E-state index contributed by atoms with van der Waals surface area (Å²) >= 11 is 0. The van der Waals surface area contributed by atoms with Crippen LogP contribution in [0.5, 0.6) is 0 Å². The standard InChI is InChI=1S/C16H18FN3O/c1-16(2,3)11-6-4-5-7-12(11)20-15(21)10-8-9-19-14(18)13(10)17/h4-9H,1-3H3,(H2,18,19)(H,20,21). The van der Waals surface area contributed by atoms with Gasteiger partial charge in [0.15, 0.2) is 11.6 Å². The van der Waals surface area contributed by atoms with Crippen molar-refractivity contribution in [2.24, 2.45) is 0 Å². The van der Waals surface area contributed by atoms with Crippen molar-refractivity contribution in [3.63, 3.8) is 0 Å². The Kier molecular flexibility index (Phi) is 3.93. The quantitative estimate of drug-likeness (QED) is 0.890. The van der Waals surface area contributed by atoms with Crippen LogP contribution in [0.1, 0.15) is 36.7 Å². The van der Waals surface area contributed by atoms with Gasteiger partial charge in [-0.05, 0) is 23.1 Å². The molecule has 0 radical (unpaired) electrons. The minimum absolute atomic E-state index is 0.119. The molecule has 0 bridgehead atoms. The average molecular weight is 287 g/mol. The van der Waals surface area contributed by atoms with E-state index in [1.807, 2.05) is 39.0 Å². The molecular weight excluding hydrogens is 269 g/mol. The molecule has 0 fully saturated rings. The fraction of sp³-hybridized carbons (Fsp3) is 0.250. The van der Waals surface area contributed by atoms with E-state index in [1.165, 1.54) is 12.3 Å². The molecule has 1 amide bonds. The van der Waals surface area contributed by atoms with E-state index in [2.05, 4.69) is 10.3 Å². The van der Waals surface area contributed by atoms with E-state index in [9.17, 15) is 9.18 Å². The van der Waals surface area contributed by atoms with Crippen molar-refractivity contribution in [3.8, 4) is 0 Å². The van der Waals surface area contributed by atoms with Gasteiger partial charge in [0.2, 0.25) is 0 Å². The van der Waals surface area contributed by atoms with Crippen LogP contribution in [0.2, 0.25) is 0 Å². The summed E-state index contributed by atoms with van der Waals surface area (Å²) in [5, 5.41) is 2.74. The van der Waals surface area contributed by atoms with Gasteiger partial charge in [0, 0.05) is 11.9 Å². The Balaban J connectivity index is 2.35. The smallest absolute Gasteiger partial charge is 0.258 e. The number of nitrogens with zero attached hydrogens (tertiary/aromatic N) is 1. The number of nitrogen functional groups attached to an aromatic ring is 1. The van der Waals surface area contributed by atoms with E-state index >= 15 is 0 Å². The van der Waals surface area contributed by atoms with Crippen LogP contribution in [0.3, 0.4) is 0 Å². The minimum atomic E-state index is -0.803. The lowest BCUT2D eigenvalue weighted by molar-refractivity contribution is 0.102. The second-order valence-electron chi connectivity index (χ2n) is 5.81. The number of hydrogen-bond acceptors (Lipinski definition) is 3. The molecule has 0 aliphatic carbocycles. The summed E-state index contributed by atoms with van der Waals surface area (Å²) in [4.78, 5) is 15.8. The van der Waals surface area contributed by atoms with Gasteiger partial charge in [-0.15, -0.1) is 0 Å². The van der Waals surface area contributed by atoms with Crippen molar-refractivity contribution in [1.82, 2.24) is 4.98 Å². The lowest BCUT2D eigenvalue weighted by atomic mass is 9.86. The van der Waals surface area contributed by atoms with Gasteiger partial charge in [0.05, 0.1) is 5.56 Å². The van der Waals surface area contributed by atoms with Crippen LogP contribution in [0, 0.1) is 5.82 Å². The van der Waals surface area contributed by atoms with Crippen molar-refractivity contribution in [3.05, 3.63) is 53.5 Å². The first-order valence-electron chi connectivity index (χ1n) is 6.61. The summed E-state index contributed by atoms with van der Waals surface area (Å²) in [6, 6.07) is 8.76. The maximum atomic E-state index is 13.8. The van der Waals surface area contributed by atoms with Gasteiger partial charge in [-0.1, -0.05) is 39.0 Å². The van der Waals surface area contributed by atoms with E-state index in [-0.39, 0.29) is 16.8 Å². The summed E-state index contributed by atoms with van der Waals surface area (Å²) in [6.45, 7) is 6.13. The topological polar surface area (TPSA) is 68.0 Å². The van der Waals surface area contributed by atoms with Gasteiger partial charge in [0.25, 0.3) is 5.91 Å². The Morgan fingerprint density at radius 1 is 1.24 bits per heavy atom. The molecule has 0 atom stereocenters. The molecule has 5 heteroatoms. The molecule has 1 aromatic carbocycles. The molecule has 0 aliphatic heterocycles. The van der Waals surface area contributed by atoms with E-state index in [0.717, 1.165) is 5.56 Å². The third-order valence-corrected chi connectivity index (χ3v) is 3.14. The predicted octanol–water partition coefficient (Wildman–Crippen LogP) is 3.35. The van der Waals surface area contributed by atoms with Crippen molar-refractivity contribution in [2.45, 2.75) is 26.2 Å². The Morgan fingerprint density at radius 2 is 1.90 bits per heavy atom. The van der Waals surface area contributed by atoms with Gasteiger partial charge >= 0.3 is 0 Å². The van der Waals surface area contributed by atoms with Crippen LogP contribution in [-0.2, 0) is 5.41 Å². The molecule has 1 aromatic heterocycles. The number of rotatable bonds is 2. The number of carbonyl (C=O) groups excluding carboxylic acids is 1. The molecule has 110 valence electrons. The zero-order valence-electron chi connectivity index (χ0n) is 12.3. The SMILES string of the molecule is CC(C)(C)c1ccccc1NC(=O)c1ccnc(N)c1F. The van der Waals surface area contributed by atoms with Gasteiger partial charge in [0.1, 0.15) is 0 Å². The molecule has 0 aliphatic rings. The number of halogens is 1. The van der Waals surface area contributed by atoms with Gasteiger partial charge in [-0.3, -0.25) is 4.79 Å². The van der Waals surface area contributed by atoms with Crippen LogP contribution in [0.25, 0.3) is 0 Å². The Hall–Kier alpha value is -2.43. The highest BCUT2D eigenvalue weighted by molar-refractivity contribution is 6.05. The van der Waals surface area contributed by atoms with Crippen LogP contribution in [0.15, 0.2) is 36.5 Å². The molecule has 0 saturated heterocycles. The molecule has 4 nitrogen and oxygen atoms in total. The first-order valence-corrected chi connectivity index (χ1v) is 6.61. The van der Waals surface area contributed by atoms with Crippen molar-refractivity contribution in [1.29, 1.82) is 0 Å². The van der Waals surface area contributed by atoms with Crippen molar-refractivity contribution >= 4 is 17.4 Å². The number of carbonyl (C=O) groups is 1. The summed E-state index contributed by atoms with van der Waals surface area (Å²) in [5.74, 6) is -1.63. The predicted molar refractivity (Wildman–Crippen MR) is 81.7 cm³/mol. The van der Waals surface area contributed by atoms with Crippen molar-refractivity contribution in [2.75, 3.05) is 11.1 Å². The molecule has 1 heterocycles. The summed E-state index contributed by atoms with van der Waals surface area (Å²) in [7, 11) is 0. The van der Waals surface area contributed by atoms with Crippen LogP contribution >= 0.6 is 0 Å². The zero-order valence-corrected chi connectivity index (χ0v) is 12.3. The van der Waals surface area contributed by atoms with Gasteiger partial charge in [-0.2, -0.15) is 0 Å². The number of anilines is 2. The first kappa shape index (κ1) is 15.0. The van der Waals surface area contributed by atoms with Crippen molar-refractivity contribution < 1.29 is 9.18 Å². The number of amides is 1. The lowest BCUT2D eigenvalue weighted by Crippen LogP contribution is -2.20. The van der Waals surface area contributed by atoms with E-state index < -0.39 is 11.7 Å². The third kappa shape index (κ3) is 3.18. The highest BCUT2D eigenvalue weighted by atomic mass is 19.1. The van der Waals surface area contributed by atoms with Crippen LogP contribution < -0.4 is 11.1 Å². The fourth-order valence-electron chi connectivity index (χ4n) is 2.07. The Bertz CT molecular complexity index is 677. The second-order valence-corrected chi connectivity index (χ2v) is 5.81. The second kappa shape index (κ2) is 5.52. The minimum Gasteiger partial charge on any atom is -0.381 e. The fourth-order valence-corrected chi connectivity index (χ4v) is 2.07. The molecule has 3 N–H and O–H groups in total. The molecular formula is C16H18FN3O. The zero-order chi connectivity index (χ0) is 15.6. The van der Waals surface area contributed by atoms with Crippen LogP contribution in [0.4, 0.5) is 15.9 Å². The third-order valence-electron chi connectivity index (χ3n) is 3.14. The number of aromatic nitrogens is 1. The van der Waals surface area contributed by atoms with Gasteiger partial charge in [-0.25, -0.2) is 9.37 Å². The summed E-state index contributed by atoms with van der Waals surface area (Å²) < 4.78 is 13.8. The first-order chi connectivity index (χ1) is 9.80.